The molecule has 0 fully saturated rings. The van der Waals surface area contributed by atoms with E-state index in [-0.39, 0.29) is 5.78 Å². The van der Waals surface area contributed by atoms with Gasteiger partial charge in [0.1, 0.15) is 0 Å². The van der Waals surface area contributed by atoms with Crippen LogP contribution in [0.1, 0.15) is 15.2 Å². The first-order valence-electron chi connectivity index (χ1n) is 7.36. The Labute approximate surface area is 138 Å². The number of hydrogen-bond acceptors (Lipinski definition) is 3. The first kappa shape index (κ1) is 13.9. The number of thiophene rings is 1. The number of carbonyl (C=O) groups excluding carboxylic acids is 1. The van der Waals surface area contributed by atoms with Crippen molar-refractivity contribution >= 4 is 27.9 Å². The van der Waals surface area contributed by atoms with Crippen LogP contribution in [0.4, 0.5) is 0 Å². The van der Waals surface area contributed by atoms with E-state index in [4.69, 9.17) is 0 Å². The van der Waals surface area contributed by atoms with Crippen LogP contribution in [0, 0.1) is 0 Å². The van der Waals surface area contributed by atoms with Gasteiger partial charge >= 0.3 is 0 Å². The molecule has 2 aromatic carbocycles. The van der Waals surface area contributed by atoms with Gasteiger partial charge in [0.15, 0.2) is 0 Å². The van der Waals surface area contributed by atoms with E-state index in [1.165, 1.54) is 11.3 Å². The minimum Gasteiger partial charge on any atom is -0.288 e. The Hall–Kier alpha value is -2.78. The van der Waals surface area contributed by atoms with Crippen LogP contribution in [0.3, 0.4) is 0 Å². The van der Waals surface area contributed by atoms with E-state index in [9.17, 15) is 4.79 Å². The molecule has 3 heteroatoms. The molecule has 0 saturated carbocycles. The number of benzene rings is 2. The van der Waals surface area contributed by atoms with E-state index in [0.29, 0.717) is 5.56 Å². The third-order valence-corrected chi connectivity index (χ3v) is 4.69. The first-order valence-corrected chi connectivity index (χ1v) is 8.24. The fourth-order valence-electron chi connectivity index (χ4n) is 2.74. The summed E-state index contributed by atoms with van der Waals surface area (Å²) < 4.78 is 0. The number of rotatable bonds is 3. The van der Waals surface area contributed by atoms with E-state index in [0.717, 1.165) is 26.9 Å². The molecule has 0 saturated heterocycles. The highest BCUT2D eigenvalue weighted by Crippen LogP contribution is 2.31. The number of pyridine rings is 1. The van der Waals surface area contributed by atoms with Crippen molar-refractivity contribution in [3.63, 3.8) is 0 Å². The number of ketones is 1. The van der Waals surface area contributed by atoms with Crippen molar-refractivity contribution in [2.24, 2.45) is 0 Å². The van der Waals surface area contributed by atoms with Gasteiger partial charge in [0, 0.05) is 17.1 Å². The second-order valence-corrected chi connectivity index (χ2v) is 6.19. The Kier molecular flexibility index (Phi) is 3.48. The molecule has 0 spiro atoms. The predicted molar refractivity (Wildman–Crippen MR) is 94.9 cm³/mol. The van der Waals surface area contributed by atoms with Gasteiger partial charge in [-0.15, -0.1) is 11.3 Å². The van der Waals surface area contributed by atoms with Gasteiger partial charge in [-0.3, -0.25) is 9.78 Å². The third-order valence-electron chi connectivity index (χ3n) is 3.82. The summed E-state index contributed by atoms with van der Waals surface area (Å²) in [6.07, 6.45) is 1.84. The van der Waals surface area contributed by atoms with Crippen molar-refractivity contribution in [1.29, 1.82) is 0 Å². The fourth-order valence-corrected chi connectivity index (χ4v) is 3.41. The lowest BCUT2D eigenvalue weighted by atomic mass is 9.96. The predicted octanol–water partition coefficient (Wildman–Crippen LogP) is 5.19. The number of aromatic nitrogens is 1. The molecule has 4 rings (SSSR count). The number of fused-ring (bicyclic) bond motifs is 1. The normalized spacial score (nSPS) is 10.8. The monoisotopic (exact) mass is 315 g/mol. The highest BCUT2D eigenvalue weighted by atomic mass is 32.1. The van der Waals surface area contributed by atoms with Crippen LogP contribution >= 0.6 is 11.3 Å². The number of carbonyl (C=O) groups is 1. The smallest absolute Gasteiger partial charge is 0.205 e. The van der Waals surface area contributed by atoms with Crippen LogP contribution in [-0.4, -0.2) is 10.8 Å². The van der Waals surface area contributed by atoms with Crippen molar-refractivity contribution in [2.45, 2.75) is 0 Å². The zero-order chi connectivity index (χ0) is 15.6. The molecule has 23 heavy (non-hydrogen) atoms. The minimum absolute atomic E-state index is 0.0307. The van der Waals surface area contributed by atoms with Crippen molar-refractivity contribution in [1.82, 2.24) is 4.98 Å². The molecule has 0 N–H and O–H groups in total. The maximum atomic E-state index is 13.1. The van der Waals surface area contributed by atoms with Gasteiger partial charge < -0.3 is 0 Å². The van der Waals surface area contributed by atoms with E-state index in [1.807, 2.05) is 78.3 Å². The summed E-state index contributed by atoms with van der Waals surface area (Å²) in [5.41, 5.74) is 2.37. The van der Waals surface area contributed by atoms with Gasteiger partial charge in [0.2, 0.25) is 5.78 Å². The number of hydrogen-bond donors (Lipinski definition) is 0. The molecule has 0 amide bonds. The second kappa shape index (κ2) is 5.78. The lowest BCUT2D eigenvalue weighted by Crippen LogP contribution is -2.04. The maximum absolute atomic E-state index is 13.1. The van der Waals surface area contributed by atoms with Crippen LogP contribution < -0.4 is 0 Å². The van der Waals surface area contributed by atoms with Crippen LogP contribution in [0.2, 0.25) is 0 Å². The molecule has 0 aliphatic rings. The third kappa shape index (κ3) is 2.45. The maximum Gasteiger partial charge on any atom is 0.205 e. The molecule has 110 valence electrons. The summed E-state index contributed by atoms with van der Waals surface area (Å²) in [6.45, 7) is 0. The summed E-state index contributed by atoms with van der Waals surface area (Å²) >= 11 is 1.46. The lowest BCUT2D eigenvalue weighted by molar-refractivity contribution is 0.104. The largest absolute Gasteiger partial charge is 0.288 e. The Morgan fingerprint density at radius 2 is 1.65 bits per heavy atom. The van der Waals surface area contributed by atoms with Crippen LogP contribution in [-0.2, 0) is 0 Å². The molecule has 0 bridgehead atoms. The molecule has 4 aromatic rings. The highest BCUT2D eigenvalue weighted by molar-refractivity contribution is 7.12. The van der Waals surface area contributed by atoms with Gasteiger partial charge in [-0.25, -0.2) is 0 Å². The number of nitrogens with zero attached hydrogens (tertiary/aromatic N) is 1. The summed E-state index contributed by atoms with van der Waals surface area (Å²) in [6, 6.07) is 21.5. The quantitative estimate of drug-likeness (QED) is 0.487. The van der Waals surface area contributed by atoms with Crippen LogP contribution in [0.25, 0.3) is 22.0 Å². The van der Waals surface area contributed by atoms with E-state index >= 15 is 0 Å². The molecular weight excluding hydrogens is 302 g/mol. The van der Waals surface area contributed by atoms with Crippen molar-refractivity contribution < 1.29 is 4.79 Å². The zero-order valence-corrected chi connectivity index (χ0v) is 13.1. The molecule has 0 aliphatic carbocycles. The Bertz CT molecular complexity index is 975. The molecular formula is C20H13NOS. The van der Waals surface area contributed by atoms with Gasteiger partial charge in [-0.1, -0.05) is 60.7 Å². The van der Waals surface area contributed by atoms with E-state index in [2.05, 4.69) is 4.98 Å². The van der Waals surface area contributed by atoms with Gasteiger partial charge in [-0.05, 0) is 16.8 Å². The lowest BCUT2D eigenvalue weighted by Gasteiger charge is -2.11. The highest BCUT2D eigenvalue weighted by Gasteiger charge is 2.20. The van der Waals surface area contributed by atoms with Gasteiger partial charge in [0.25, 0.3) is 0 Å². The molecule has 2 aromatic heterocycles. The minimum atomic E-state index is 0.0307. The SMILES string of the molecule is O=C(c1cccs1)c1c(-c2ccccc2)ncc2ccccc12. The molecule has 0 radical (unpaired) electrons. The topological polar surface area (TPSA) is 30.0 Å². The Morgan fingerprint density at radius 1 is 0.870 bits per heavy atom. The van der Waals surface area contributed by atoms with Gasteiger partial charge in [0.05, 0.1) is 16.1 Å². The summed E-state index contributed by atoms with van der Waals surface area (Å²) in [5, 5.41) is 3.85. The summed E-state index contributed by atoms with van der Waals surface area (Å²) in [7, 11) is 0. The molecule has 2 nitrogen and oxygen atoms in total. The van der Waals surface area contributed by atoms with Crippen molar-refractivity contribution in [2.75, 3.05) is 0 Å². The standard InChI is InChI=1S/C20H13NOS/c22-20(17-11-6-12-23-17)18-16-10-5-4-9-15(16)13-21-19(18)14-7-2-1-3-8-14/h1-13H. The molecule has 2 heterocycles. The van der Waals surface area contributed by atoms with Crippen LogP contribution in [0.5, 0.6) is 0 Å². The Morgan fingerprint density at radius 3 is 2.43 bits per heavy atom. The first-order chi connectivity index (χ1) is 11.3. The molecule has 0 unspecified atom stereocenters. The van der Waals surface area contributed by atoms with Crippen molar-refractivity contribution in [3.8, 4) is 11.3 Å². The second-order valence-electron chi connectivity index (χ2n) is 5.24. The Balaban J connectivity index is 2.04. The van der Waals surface area contributed by atoms with E-state index < -0.39 is 0 Å². The molecule has 0 aliphatic heterocycles. The fraction of sp³-hybridized carbons (Fsp3) is 0. The summed E-state index contributed by atoms with van der Waals surface area (Å²) in [5.74, 6) is 0.0307. The average molecular weight is 315 g/mol. The van der Waals surface area contributed by atoms with E-state index in [1.54, 1.807) is 0 Å². The average Bonchev–Trinajstić information content (AvgIpc) is 3.15. The summed E-state index contributed by atoms with van der Waals surface area (Å²) in [4.78, 5) is 18.4. The van der Waals surface area contributed by atoms with Gasteiger partial charge in [-0.2, -0.15) is 0 Å². The van der Waals surface area contributed by atoms with Crippen LogP contribution in [0.15, 0.2) is 78.3 Å². The molecule has 0 atom stereocenters. The zero-order valence-electron chi connectivity index (χ0n) is 12.3. The van der Waals surface area contributed by atoms with Crippen molar-refractivity contribution in [3.05, 3.63) is 88.7 Å².